The van der Waals surface area contributed by atoms with E-state index in [1.165, 1.54) is 0 Å². The molecule has 0 aromatic carbocycles. The van der Waals surface area contributed by atoms with Gasteiger partial charge in [-0.15, -0.1) is 0 Å². The number of anilines is 1. The molecule has 1 aromatic heterocycles. The number of aliphatic hydroxyl groups excluding tert-OH is 1. The van der Waals surface area contributed by atoms with Gasteiger partial charge in [-0.3, -0.25) is 4.90 Å². The summed E-state index contributed by atoms with van der Waals surface area (Å²) >= 11 is 0. The highest BCUT2D eigenvalue weighted by molar-refractivity contribution is 5.30. The van der Waals surface area contributed by atoms with E-state index < -0.39 is 0 Å². The van der Waals surface area contributed by atoms with E-state index in [1.807, 2.05) is 12.4 Å². The molecule has 0 radical (unpaired) electrons. The Morgan fingerprint density at radius 1 is 1.13 bits per heavy atom. The molecule has 1 unspecified atom stereocenters. The quantitative estimate of drug-likeness (QED) is 0.887. The van der Waals surface area contributed by atoms with Crippen LogP contribution < -0.4 is 4.90 Å². The maximum atomic E-state index is 9.57. The van der Waals surface area contributed by atoms with Gasteiger partial charge in [0.25, 0.3) is 0 Å². The van der Waals surface area contributed by atoms with Gasteiger partial charge in [-0.05, 0) is 26.4 Å². The standard InChI is InChI=1S/C17H29N5O/c1-17(14-23)4-3-5-21(13-17)12-15-10-18-16(19-11-15)22-8-6-20(2)7-9-22/h10-11,23H,3-9,12-14H2,1-2H3. The van der Waals surface area contributed by atoms with E-state index in [-0.39, 0.29) is 12.0 Å². The zero-order valence-electron chi connectivity index (χ0n) is 14.4. The minimum absolute atomic E-state index is 0.0406. The molecule has 3 rings (SSSR count). The van der Waals surface area contributed by atoms with Crippen LogP contribution in [0.1, 0.15) is 25.3 Å². The molecule has 6 heteroatoms. The lowest BCUT2D eigenvalue weighted by atomic mass is 9.83. The van der Waals surface area contributed by atoms with E-state index in [4.69, 9.17) is 0 Å². The van der Waals surface area contributed by atoms with E-state index in [1.54, 1.807) is 0 Å². The monoisotopic (exact) mass is 319 g/mol. The number of nitrogens with zero attached hydrogens (tertiary/aromatic N) is 5. The normalized spacial score (nSPS) is 27.3. The van der Waals surface area contributed by atoms with Crippen molar-refractivity contribution in [2.45, 2.75) is 26.3 Å². The SMILES string of the molecule is CN1CCN(c2ncc(CN3CCCC(C)(CO)C3)cn2)CC1. The van der Waals surface area contributed by atoms with E-state index in [2.05, 4.69) is 38.6 Å². The largest absolute Gasteiger partial charge is 0.396 e. The molecule has 2 aliphatic rings. The molecule has 1 N–H and O–H groups in total. The van der Waals surface area contributed by atoms with Gasteiger partial charge in [-0.1, -0.05) is 6.92 Å². The number of likely N-dealkylation sites (tertiary alicyclic amines) is 1. The zero-order valence-corrected chi connectivity index (χ0v) is 14.4. The van der Waals surface area contributed by atoms with Crippen molar-refractivity contribution >= 4 is 5.95 Å². The van der Waals surface area contributed by atoms with Crippen molar-refractivity contribution in [2.24, 2.45) is 5.41 Å². The molecule has 2 aliphatic heterocycles. The third-order valence-electron chi connectivity index (χ3n) is 5.13. The number of aliphatic hydroxyl groups is 1. The third kappa shape index (κ3) is 4.19. The molecule has 0 amide bonds. The highest BCUT2D eigenvalue weighted by Crippen LogP contribution is 2.29. The highest BCUT2D eigenvalue weighted by atomic mass is 16.3. The van der Waals surface area contributed by atoms with Gasteiger partial charge in [0.05, 0.1) is 0 Å². The lowest BCUT2D eigenvalue weighted by molar-refractivity contribution is 0.0428. The molecule has 1 atom stereocenters. The van der Waals surface area contributed by atoms with Gasteiger partial charge >= 0.3 is 0 Å². The van der Waals surface area contributed by atoms with Crippen molar-refractivity contribution in [1.29, 1.82) is 0 Å². The molecule has 2 saturated heterocycles. The van der Waals surface area contributed by atoms with Crippen LogP contribution in [0, 0.1) is 5.41 Å². The minimum Gasteiger partial charge on any atom is -0.396 e. The van der Waals surface area contributed by atoms with Crippen LogP contribution in [-0.2, 0) is 6.54 Å². The fourth-order valence-electron chi connectivity index (χ4n) is 3.55. The molecule has 0 aliphatic carbocycles. The van der Waals surface area contributed by atoms with Crippen molar-refractivity contribution < 1.29 is 5.11 Å². The van der Waals surface area contributed by atoms with E-state index >= 15 is 0 Å². The fourth-order valence-corrected chi connectivity index (χ4v) is 3.55. The zero-order chi connectivity index (χ0) is 16.3. The molecular formula is C17H29N5O. The Morgan fingerprint density at radius 3 is 2.48 bits per heavy atom. The number of hydrogen-bond acceptors (Lipinski definition) is 6. The van der Waals surface area contributed by atoms with Crippen LogP contribution in [0.2, 0.25) is 0 Å². The predicted molar refractivity (Wildman–Crippen MR) is 91.4 cm³/mol. The van der Waals surface area contributed by atoms with E-state index in [0.717, 1.165) is 70.2 Å². The number of aromatic nitrogens is 2. The van der Waals surface area contributed by atoms with E-state index in [0.29, 0.717) is 0 Å². The van der Waals surface area contributed by atoms with Gasteiger partial charge < -0.3 is 14.9 Å². The molecule has 6 nitrogen and oxygen atoms in total. The smallest absolute Gasteiger partial charge is 0.225 e. The maximum Gasteiger partial charge on any atom is 0.225 e. The van der Waals surface area contributed by atoms with Crippen LogP contribution in [0.3, 0.4) is 0 Å². The molecule has 2 fully saturated rings. The second kappa shape index (κ2) is 7.11. The summed E-state index contributed by atoms with van der Waals surface area (Å²) in [5.41, 5.74) is 1.20. The van der Waals surface area contributed by atoms with Gasteiger partial charge in [0.15, 0.2) is 0 Å². The summed E-state index contributed by atoms with van der Waals surface area (Å²) in [6, 6.07) is 0. The number of piperidine rings is 1. The van der Waals surface area contributed by atoms with Gasteiger partial charge in [0, 0.05) is 69.2 Å². The molecule has 0 bridgehead atoms. The average molecular weight is 319 g/mol. The molecule has 3 heterocycles. The molecule has 1 aromatic rings. The average Bonchev–Trinajstić information content (AvgIpc) is 2.57. The van der Waals surface area contributed by atoms with Crippen molar-refractivity contribution in [1.82, 2.24) is 19.8 Å². The summed E-state index contributed by atoms with van der Waals surface area (Å²) in [7, 11) is 2.15. The van der Waals surface area contributed by atoms with Gasteiger partial charge in [0.2, 0.25) is 5.95 Å². The molecular weight excluding hydrogens is 290 g/mol. The molecule has 128 valence electrons. The molecule has 23 heavy (non-hydrogen) atoms. The fraction of sp³-hybridized carbons (Fsp3) is 0.765. The second-order valence-electron chi connectivity index (χ2n) is 7.46. The first kappa shape index (κ1) is 16.6. The van der Waals surface area contributed by atoms with Crippen molar-refractivity contribution in [2.75, 3.05) is 57.8 Å². The van der Waals surface area contributed by atoms with Crippen LogP contribution >= 0.6 is 0 Å². The first-order chi connectivity index (χ1) is 11.1. The topological polar surface area (TPSA) is 55.7 Å². The van der Waals surface area contributed by atoms with Crippen LogP contribution in [0.5, 0.6) is 0 Å². The number of piperazine rings is 1. The first-order valence-corrected chi connectivity index (χ1v) is 8.66. The second-order valence-corrected chi connectivity index (χ2v) is 7.46. The van der Waals surface area contributed by atoms with Crippen molar-refractivity contribution in [3.05, 3.63) is 18.0 Å². The lowest BCUT2D eigenvalue weighted by Crippen LogP contribution is -2.45. The van der Waals surface area contributed by atoms with Gasteiger partial charge in [-0.2, -0.15) is 0 Å². The Hall–Kier alpha value is -1.24. The molecule has 0 saturated carbocycles. The van der Waals surface area contributed by atoms with Gasteiger partial charge in [0.1, 0.15) is 0 Å². The summed E-state index contributed by atoms with van der Waals surface area (Å²) in [4.78, 5) is 16.1. The van der Waals surface area contributed by atoms with Crippen molar-refractivity contribution in [3.63, 3.8) is 0 Å². The summed E-state index contributed by atoms with van der Waals surface area (Å²) in [6.45, 7) is 9.48. The Bertz CT molecular complexity index is 500. The summed E-state index contributed by atoms with van der Waals surface area (Å²) < 4.78 is 0. The van der Waals surface area contributed by atoms with Crippen LogP contribution in [-0.4, -0.2) is 77.8 Å². The Balaban J connectivity index is 1.57. The summed E-state index contributed by atoms with van der Waals surface area (Å²) in [6.07, 6.45) is 6.19. The highest BCUT2D eigenvalue weighted by Gasteiger charge is 2.30. The predicted octanol–water partition coefficient (Wildman–Crippen LogP) is 0.823. The number of likely N-dealkylation sites (N-methyl/N-ethyl adjacent to an activating group) is 1. The van der Waals surface area contributed by atoms with Crippen LogP contribution in [0.25, 0.3) is 0 Å². The maximum absolute atomic E-state index is 9.57. The molecule has 0 spiro atoms. The van der Waals surface area contributed by atoms with E-state index in [9.17, 15) is 5.11 Å². The lowest BCUT2D eigenvalue weighted by Gasteiger charge is -2.39. The third-order valence-corrected chi connectivity index (χ3v) is 5.13. The summed E-state index contributed by atoms with van der Waals surface area (Å²) in [5, 5.41) is 9.57. The summed E-state index contributed by atoms with van der Waals surface area (Å²) in [5.74, 6) is 0.848. The van der Waals surface area contributed by atoms with Crippen molar-refractivity contribution in [3.8, 4) is 0 Å². The Kier molecular flexibility index (Phi) is 5.14. The number of rotatable bonds is 4. The minimum atomic E-state index is 0.0406. The Morgan fingerprint density at radius 2 is 1.83 bits per heavy atom. The Labute approximate surface area is 139 Å². The van der Waals surface area contributed by atoms with Crippen LogP contribution in [0.4, 0.5) is 5.95 Å². The van der Waals surface area contributed by atoms with Gasteiger partial charge in [-0.25, -0.2) is 9.97 Å². The van der Waals surface area contributed by atoms with Crippen LogP contribution in [0.15, 0.2) is 12.4 Å². The first-order valence-electron chi connectivity index (χ1n) is 8.66. The number of hydrogen-bond donors (Lipinski definition) is 1.